The first-order valence-corrected chi connectivity index (χ1v) is 6.52. The summed E-state index contributed by atoms with van der Waals surface area (Å²) in [6.45, 7) is 4.05. The highest BCUT2D eigenvalue weighted by Gasteiger charge is 2.24. The van der Waals surface area contributed by atoms with Crippen molar-refractivity contribution < 1.29 is 14.0 Å². The Hall–Kier alpha value is -2.11. The van der Waals surface area contributed by atoms with Gasteiger partial charge in [0.05, 0.1) is 0 Å². The van der Waals surface area contributed by atoms with Gasteiger partial charge in [-0.3, -0.25) is 4.79 Å². The van der Waals surface area contributed by atoms with E-state index in [1.165, 1.54) is 12.1 Å². The van der Waals surface area contributed by atoms with Gasteiger partial charge in [0, 0.05) is 6.54 Å². The molecule has 0 aliphatic heterocycles. The normalized spacial score (nSPS) is 13.3. The van der Waals surface area contributed by atoms with Gasteiger partial charge in [0.1, 0.15) is 11.9 Å². The zero-order valence-electron chi connectivity index (χ0n) is 11.7. The maximum atomic E-state index is 12.8. The van der Waals surface area contributed by atoms with E-state index in [1.54, 1.807) is 12.1 Å². The molecule has 0 radical (unpaired) electrons. The first-order chi connectivity index (χ1) is 9.43. The van der Waals surface area contributed by atoms with Gasteiger partial charge in [0.25, 0.3) is 0 Å². The maximum Gasteiger partial charge on any atom is 0.312 e. The van der Waals surface area contributed by atoms with Crippen molar-refractivity contribution in [2.24, 2.45) is 11.7 Å². The maximum absolute atomic E-state index is 12.8. The smallest absolute Gasteiger partial charge is 0.312 e. The predicted molar refractivity (Wildman–Crippen MR) is 74.2 cm³/mol. The molecule has 1 aromatic carbocycles. The molecular weight excluding hydrogens is 261 g/mol. The molecule has 2 unspecified atom stereocenters. The van der Waals surface area contributed by atoms with E-state index < -0.39 is 12.1 Å². The van der Waals surface area contributed by atoms with Gasteiger partial charge in [-0.25, -0.2) is 9.18 Å². The zero-order chi connectivity index (χ0) is 15.1. The lowest BCUT2D eigenvalue weighted by Gasteiger charge is -2.22. The molecule has 20 heavy (non-hydrogen) atoms. The van der Waals surface area contributed by atoms with Crippen LogP contribution in [0.4, 0.5) is 9.18 Å². The van der Waals surface area contributed by atoms with E-state index in [1.807, 2.05) is 13.8 Å². The van der Waals surface area contributed by atoms with Crippen LogP contribution in [-0.4, -0.2) is 18.0 Å². The Labute approximate surface area is 117 Å². The van der Waals surface area contributed by atoms with Crippen LogP contribution in [0.2, 0.25) is 0 Å². The van der Waals surface area contributed by atoms with Gasteiger partial charge < -0.3 is 16.4 Å². The summed E-state index contributed by atoms with van der Waals surface area (Å²) in [5, 5.41) is 5.15. The third kappa shape index (κ3) is 4.87. The van der Waals surface area contributed by atoms with E-state index in [4.69, 9.17) is 5.73 Å². The van der Waals surface area contributed by atoms with Crippen molar-refractivity contribution >= 4 is 11.9 Å². The number of benzene rings is 1. The number of amides is 3. The summed E-state index contributed by atoms with van der Waals surface area (Å²) >= 11 is 0. The van der Waals surface area contributed by atoms with Gasteiger partial charge >= 0.3 is 6.03 Å². The topological polar surface area (TPSA) is 84.2 Å². The van der Waals surface area contributed by atoms with Crippen LogP contribution < -0.4 is 16.4 Å². The third-order valence-electron chi connectivity index (χ3n) is 3.17. The van der Waals surface area contributed by atoms with E-state index in [9.17, 15) is 14.0 Å². The highest BCUT2D eigenvalue weighted by Crippen LogP contribution is 2.08. The summed E-state index contributed by atoms with van der Waals surface area (Å²) in [4.78, 5) is 23.0. The summed E-state index contributed by atoms with van der Waals surface area (Å²) in [5.74, 6) is -0.661. The first kappa shape index (κ1) is 15.9. The van der Waals surface area contributed by atoms with Crippen molar-refractivity contribution in [2.45, 2.75) is 32.9 Å². The molecule has 0 aromatic heterocycles. The molecule has 1 rings (SSSR count). The number of carbonyl (C=O) groups is 2. The molecule has 2 atom stereocenters. The lowest BCUT2D eigenvalue weighted by Crippen LogP contribution is -2.51. The Morgan fingerprint density at radius 2 is 1.90 bits per heavy atom. The predicted octanol–water partition coefficient (Wildman–Crippen LogP) is 1.52. The third-order valence-corrected chi connectivity index (χ3v) is 3.17. The molecule has 5 nitrogen and oxygen atoms in total. The van der Waals surface area contributed by atoms with Crippen LogP contribution >= 0.6 is 0 Å². The minimum Gasteiger partial charge on any atom is -0.352 e. The van der Waals surface area contributed by atoms with Crippen LogP contribution in [0.3, 0.4) is 0 Å². The molecule has 1 aromatic rings. The van der Waals surface area contributed by atoms with Crippen LogP contribution in [0.5, 0.6) is 0 Å². The molecule has 0 bridgehead atoms. The van der Waals surface area contributed by atoms with Crippen molar-refractivity contribution in [1.29, 1.82) is 0 Å². The van der Waals surface area contributed by atoms with Crippen LogP contribution in [0.15, 0.2) is 24.3 Å². The minimum absolute atomic E-state index is 0.0317. The van der Waals surface area contributed by atoms with E-state index in [2.05, 4.69) is 10.6 Å². The number of hydrogen-bond acceptors (Lipinski definition) is 2. The average molecular weight is 281 g/mol. The fraction of sp³-hybridized carbons (Fsp3) is 0.429. The Kier molecular flexibility index (Phi) is 5.96. The number of rotatable bonds is 6. The lowest BCUT2D eigenvalue weighted by atomic mass is 9.98. The number of carbonyl (C=O) groups excluding carboxylic acids is 2. The lowest BCUT2D eigenvalue weighted by molar-refractivity contribution is -0.124. The second-order valence-corrected chi connectivity index (χ2v) is 4.72. The number of nitrogens with one attached hydrogen (secondary N) is 2. The van der Waals surface area contributed by atoms with Crippen molar-refractivity contribution in [2.75, 3.05) is 0 Å². The summed E-state index contributed by atoms with van der Waals surface area (Å²) in [6.07, 6.45) is 0.731. The molecule has 3 amide bonds. The number of nitrogens with two attached hydrogens (primary N) is 1. The highest BCUT2D eigenvalue weighted by molar-refractivity contribution is 5.86. The van der Waals surface area contributed by atoms with E-state index >= 15 is 0 Å². The van der Waals surface area contributed by atoms with Crippen LogP contribution in [0.25, 0.3) is 0 Å². The first-order valence-electron chi connectivity index (χ1n) is 6.52. The molecule has 0 saturated heterocycles. The van der Waals surface area contributed by atoms with Gasteiger partial charge in [-0.15, -0.1) is 0 Å². The molecule has 0 aliphatic carbocycles. The molecule has 0 fully saturated rings. The number of hydrogen-bond donors (Lipinski definition) is 3. The van der Waals surface area contributed by atoms with E-state index in [0.717, 1.165) is 12.0 Å². The quantitative estimate of drug-likeness (QED) is 0.738. The summed E-state index contributed by atoms with van der Waals surface area (Å²) in [6, 6.07) is 4.44. The Bertz CT molecular complexity index is 462. The SMILES string of the molecule is CCC(C)C(NC(N)=O)C(=O)NCc1ccc(F)cc1. The summed E-state index contributed by atoms with van der Waals surface area (Å²) in [7, 11) is 0. The van der Waals surface area contributed by atoms with E-state index in [-0.39, 0.29) is 24.2 Å². The Morgan fingerprint density at radius 3 is 2.40 bits per heavy atom. The van der Waals surface area contributed by atoms with Crippen LogP contribution in [0, 0.1) is 11.7 Å². The van der Waals surface area contributed by atoms with Crippen molar-refractivity contribution in [3.8, 4) is 0 Å². The minimum atomic E-state index is -0.729. The zero-order valence-corrected chi connectivity index (χ0v) is 11.7. The van der Waals surface area contributed by atoms with Gasteiger partial charge in [0.15, 0.2) is 0 Å². The van der Waals surface area contributed by atoms with Crippen LogP contribution in [-0.2, 0) is 11.3 Å². The van der Waals surface area contributed by atoms with Gasteiger partial charge in [-0.05, 0) is 23.6 Å². The molecule has 110 valence electrons. The molecule has 0 heterocycles. The number of primary amides is 1. The standard InChI is InChI=1S/C14H20FN3O2/c1-3-9(2)12(18-14(16)20)13(19)17-8-10-4-6-11(15)7-5-10/h4-7,9,12H,3,8H2,1-2H3,(H,17,19)(H3,16,18,20). The fourth-order valence-electron chi connectivity index (χ4n) is 1.76. The molecule has 4 N–H and O–H groups in total. The molecule has 0 spiro atoms. The van der Waals surface area contributed by atoms with E-state index in [0.29, 0.717) is 0 Å². The Balaban J connectivity index is 2.61. The van der Waals surface area contributed by atoms with Crippen molar-refractivity contribution in [3.05, 3.63) is 35.6 Å². The summed E-state index contributed by atoms with van der Waals surface area (Å²) < 4.78 is 12.8. The van der Waals surface area contributed by atoms with Gasteiger partial charge in [0.2, 0.25) is 5.91 Å². The average Bonchev–Trinajstić information content (AvgIpc) is 2.42. The van der Waals surface area contributed by atoms with Crippen LogP contribution in [0.1, 0.15) is 25.8 Å². The number of urea groups is 1. The van der Waals surface area contributed by atoms with Crippen molar-refractivity contribution in [3.63, 3.8) is 0 Å². The van der Waals surface area contributed by atoms with Crippen molar-refractivity contribution in [1.82, 2.24) is 10.6 Å². The summed E-state index contributed by atoms with van der Waals surface area (Å²) in [5.41, 5.74) is 5.86. The molecule has 6 heteroatoms. The number of halogens is 1. The van der Waals surface area contributed by atoms with Gasteiger partial charge in [-0.1, -0.05) is 32.4 Å². The monoisotopic (exact) mass is 281 g/mol. The van der Waals surface area contributed by atoms with Gasteiger partial charge in [-0.2, -0.15) is 0 Å². The fourth-order valence-corrected chi connectivity index (χ4v) is 1.76. The molecular formula is C14H20FN3O2. The molecule has 0 saturated carbocycles. The second kappa shape index (κ2) is 7.47. The second-order valence-electron chi connectivity index (χ2n) is 4.72. The Morgan fingerprint density at radius 1 is 1.30 bits per heavy atom. The largest absolute Gasteiger partial charge is 0.352 e. The molecule has 0 aliphatic rings. The highest BCUT2D eigenvalue weighted by atomic mass is 19.1.